The Morgan fingerprint density at radius 1 is 1.21 bits per heavy atom. The second-order valence-electron chi connectivity index (χ2n) is 6.57. The fourth-order valence-corrected chi connectivity index (χ4v) is 3.72. The van der Waals surface area contributed by atoms with Crippen molar-refractivity contribution in [3.63, 3.8) is 0 Å². The van der Waals surface area contributed by atoms with Crippen LogP contribution in [0.5, 0.6) is 0 Å². The summed E-state index contributed by atoms with van der Waals surface area (Å²) in [5, 5.41) is 7.05. The second-order valence-corrected chi connectivity index (χ2v) is 6.57. The summed E-state index contributed by atoms with van der Waals surface area (Å²) in [4.78, 5) is 7.09. The normalized spacial score (nSPS) is 18.8. The minimum Gasteiger partial charge on any atom is -0.300 e. The first-order valence-corrected chi connectivity index (χ1v) is 8.61. The van der Waals surface area contributed by atoms with Gasteiger partial charge in [-0.05, 0) is 49.9 Å². The number of aromatic amines is 1. The summed E-state index contributed by atoms with van der Waals surface area (Å²) in [6.45, 7) is 5.23. The highest BCUT2D eigenvalue weighted by molar-refractivity contribution is 5.35. The van der Waals surface area contributed by atoms with Gasteiger partial charge < -0.3 is 0 Å². The maximum atomic E-state index is 4.55. The Kier molecular flexibility index (Phi) is 4.17. The molecule has 0 radical (unpaired) electrons. The summed E-state index contributed by atoms with van der Waals surface area (Å²) in [5.41, 5.74) is 3.77. The van der Waals surface area contributed by atoms with Crippen LogP contribution in [0.25, 0.3) is 5.69 Å². The molecule has 5 heteroatoms. The standard InChI is InChI=1S/C19H23N5/c1-15-20-12-19(24(15)18-7-3-2-4-8-18)14-23-9-5-6-16(13-23)17-10-21-22-11-17/h2-4,7-8,10-12,16H,5-6,9,13-14H2,1H3,(H,21,22)/t16-/m0/s1. The van der Waals surface area contributed by atoms with Crippen molar-refractivity contribution in [2.24, 2.45) is 0 Å². The summed E-state index contributed by atoms with van der Waals surface area (Å²) in [5.74, 6) is 1.62. The number of benzene rings is 1. The third-order valence-electron chi connectivity index (χ3n) is 4.91. The molecule has 5 nitrogen and oxygen atoms in total. The lowest BCUT2D eigenvalue weighted by Gasteiger charge is -2.32. The Labute approximate surface area is 142 Å². The first-order valence-electron chi connectivity index (χ1n) is 8.61. The molecule has 1 atom stereocenters. The van der Waals surface area contributed by atoms with Gasteiger partial charge in [-0.1, -0.05) is 18.2 Å². The van der Waals surface area contributed by atoms with Crippen LogP contribution in [0.3, 0.4) is 0 Å². The Bertz CT molecular complexity index is 775. The minimum absolute atomic E-state index is 0.576. The molecule has 1 N–H and O–H groups in total. The largest absolute Gasteiger partial charge is 0.300 e. The molecule has 1 aliphatic rings. The Balaban J connectivity index is 1.54. The summed E-state index contributed by atoms with van der Waals surface area (Å²) in [7, 11) is 0. The van der Waals surface area contributed by atoms with E-state index in [-0.39, 0.29) is 0 Å². The average Bonchev–Trinajstić information content (AvgIpc) is 3.26. The van der Waals surface area contributed by atoms with Gasteiger partial charge in [0.15, 0.2) is 0 Å². The van der Waals surface area contributed by atoms with E-state index in [9.17, 15) is 0 Å². The number of para-hydroxylation sites is 1. The van der Waals surface area contributed by atoms with Gasteiger partial charge in [-0.3, -0.25) is 14.6 Å². The van der Waals surface area contributed by atoms with Crippen LogP contribution in [0, 0.1) is 6.92 Å². The summed E-state index contributed by atoms with van der Waals surface area (Å²) in [6.07, 6.45) is 8.49. The van der Waals surface area contributed by atoms with Crippen molar-refractivity contribution in [3.8, 4) is 5.69 Å². The van der Waals surface area contributed by atoms with Gasteiger partial charge in [0.2, 0.25) is 0 Å². The topological polar surface area (TPSA) is 49.7 Å². The van der Waals surface area contributed by atoms with E-state index in [0.29, 0.717) is 5.92 Å². The summed E-state index contributed by atoms with van der Waals surface area (Å²) >= 11 is 0. The maximum Gasteiger partial charge on any atom is 0.110 e. The molecule has 2 aromatic heterocycles. The highest BCUT2D eigenvalue weighted by Crippen LogP contribution is 2.27. The molecule has 0 aliphatic carbocycles. The molecule has 4 rings (SSSR count). The molecule has 3 aromatic rings. The van der Waals surface area contributed by atoms with Crippen LogP contribution in [0.15, 0.2) is 48.9 Å². The molecule has 1 aliphatic heterocycles. The van der Waals surface area contributed by atoms with Crippen molar-refractivity contribution in [2.75, 3.05) is 13.1 Å². The summed E-state index contributed by atoms with van der Waals surface area (Å²) in [6, 6.07) is 10.5. The molecule has 0 unspecified atom stereocenters. The highest BCUT2D eigenvalue weighted by Gasteiger charge is 2.23. The first kappa shape index (κ1) is 15.1. The van der Waals surface area contributed by atoms with Gasteiger partial charge in [0.05, 0.1) is 18.1 Å². The number of likely N-dealkylation sites (tertiary alicyclic amines) is 1. The van der Waals surface area contributed by atoms with Crippen LogP contribution in [0.2, 0.25) is 0 Å². The van der Waals surface area contributed by atoms with Crippen LogP contribution in [-0.2, 0) is 6.54 Å². The van der Waals surface area contributed by atoms with Crippen molar-refractivity contribution >= 4 is 0 Å². The van der Waals surface area contributed by atoms with Crippen LogP contribution >= 0.6 is 0 Å². The fourth-order valence-electron chi connectivity index (χ4n) is 3.72. The Morgan fingerprint density at radius 2 is 2.08 bits per heavy atom. The zero-order chi connectivity index (χ0) is 16.4. The Hall–Kier alpha value is -2.40. The van der Waals surface area contributed by atoms with Gasteiger partial charge in [-0.2, -0.15) is 5.10 Å². The zero-order valence-corrected chi connectivity index (χ0v) is 14.0. The van der Waals surface area contributed by atoms with E-state index < -0.39 is 0 Å². The van der Waals surface area contributed by atoms with Gasteiger partial charge in [0, 0.05) is 25.0 Å². The molecule has 24 heavy (non-hydrogen) atoms. The molecule has 0 bridgehead atoms. The molecular formula is C19H23N5. The minimum atomic E-state index is 0.576. The number of nitrogens with zero attached hydrogens (tertiary/aromatic N) is 4. The van der Waals surface area contributed by atoms with E-state index in [1.165, 1.54) is 29.8 Å². The van der Waals surface area contributed by atoms with Crippen LogP contribution in [-0.4, -0.2) is 37.7 Å². The monoisotopic (exact) mass is 321 g/mol. The van der Waals surface area contributed by atoms with Gasteiger partial charge in [-0.25, -0.2) is 4.98 Å². The van der Waals surface area contributed by atoms with E-state index >= 15 is 0 Å². The lowest BCUT2D eigenvalue weighted by atomic mass is 9.93. The quantitative estimate of drug-likeness (QED) is 0.802. The highest BCUT2D eigenvalue weighted by atomic mass is 15.2. The lowest BCUT2D eigenvalue weighted by molar-refractivity contribution is 0.197. The number of rotatable bonds is 4. The van der Waals surface area contributed by atoms with Crippen molar-refractivity contribution in [1.82, 2.24) is 24.6 Å². The lowest BCUT2D eigenvalue weighted by Crippen LogP contribution is -2.34. The second kappa shape index (κ2) is 6.61. The molecule has 0 spiro atoms. The third kappa shape index (κ3) is 2.99. The third-order valence-corrected chi connectivity index (χ3v) is 4.91. The zero-order valence-electron chi connectivity index (χ0n) is 14.0. The molecule has 1 fully saturated rings. The maximum absolute atomic E-state index is 4.55. The van der Waals surface area contributed by atoms with E-state index in [0.717, 1.165) is 25.5 Å². The number of aromatic nitrogens is 4. The van der Waals surface area contributed by atoms with Gasteiger partial charge >= 0.3 is 0 Å². The average molecular weight is 321 g/mol. The van der Waals surface area contributed by atoms with E-state index in [4.69, 9.17) is 0 Å². The van der Waals surface area contributed by atoms with Crippen molar-refractivity contribution in [1.29, 1.82) is 0 Å². The number of imidazole rings is 1. The fraction of sp³-hybridized carbons (Fsp3) is 0.368. The molecule has 0 amide bonds. The van der Waals surface area contributed by atoms with Gasteiger partial charge in [0.1, 0.15) is 5.82 Å². The van der Waals surface area contributed by atoms with Crippen molar-refractivity contribution < 1.29 is 0 Å². The predicted molar refractivity (Wildman–Crippen MR) is 94.1 cm³/mol. The molecule has 3 heterocycles. The van der Waals surface area contributed by atoms with Crippen molar-refractivity contribution in [3.05, 3.63) is 66.0 Å². The number of hydrogen-bond donors (Lipinski definition) is 1. The van der Waals surface area contributed by atoms with Crippen molar-refractivity contribution in [2.45, 2.75) is 32.2 Å². The number of aryl methyl sites for hydroxylation is 1. The molecule has 1 aromatic carbocycles. The molecule has 0 saturated carbocycles. The van der Waals surface area contributed by atoms with E-state index in [2.05, 4.69) is 61.9 Å². The summed E-state index contributed by atoms with van der Waals surface area (Å²) < 4.78 is 2.27. The Morgan fingerprint density at radius 3 is 2.88 bits per heavy atom. The van der Waals surface area contributed by atoms with Gasteiger partial charge in [0.25, 0.3) is 0 Å². The molecule has 1 saturated heterocycles. The van der Waals surface area contributed by atoms with Crippen LogP contribution < -0.4 is 0 Å². The number of H-pyrrole nitrogens is 1. The first-order chi connectivity index (χ1) is 11.8. The van der Waals surface area contributed by atoms with E-state index in [1.807, 2.05) is 18.6 Å². The van der Waals surface area contributed by atoms with Crippen LogP contribution in [0.4, 0.5) is 0 Å². The van der Waals surface area contributed by atoms with E-state index in [1.54, 1.807) is 0 Å². The smallest absolute Gasteiger partial charge is 0.110 e. The molecular weight excluding hydrogens is 298 g/mol. The molecule has 124 valence electrons. The number of piperidine rings is 1. The SMILES string of the molecule is Cc1ncc(CN2CCC[C@H](c3cn[nH]c3)C2)n1-c1ccccc1. The number of hydrogen-bond acceptors (Lipinski definition) is 3. The predicted octanol–water partition coefficient (Wildman–Crippen LogP) is 3.28. The van der Waals surface area contributed by atoms with Gasteiger partial charge in [-0.15, -0.1) is 0 Å². The van der Waals surface area contributed by atoms with Crippen LogP contribution in [0.1, 0.15) is 35.8 Å². The number of nitrogens with one attached hydrogen (secondary N) is 1.